The fourth-order valence-corrected chi connectivity index (χ4v) is 1.54. The van der Waals surface area contributed by atoms with Crippen LogP contribution in [0.1, 0.15) is 17.5 Å². The van der Waals surface area contributed by atoms with Gasteiger partial charge in [0.1, 0.15) is 5.75 Å². The summed E-state index contributed by atoms with van der Waals surface area (Å²) in [5.41, 5.74) is 2.44. The maximum absolute atomic E-state index is 8.57. The molecular formula is C13H21NO2. The van der Waals surface area contributed by atoms with Gasteiger partial charge in [0.2, 0.25) is 0 Å². The minimum atomic E-state index is 0.192. The molecule has 0 aliphatic rings. The van der Waals surface area contributed by atoms with E-state index >= 15 is 0 Å². The summed E-state index contributed by atoms with van der Waals surface area (Å²) < 4.78 is 5.67. The van der Waals surface area contributed by atoms with E-state index in [-0.39, 0.29) is 6.61 Å². The van der Waals surface area contributed by atoms with Crippen LogP contribution in [-0.4, -0.2) is 31.4 Å². The predicted octanol–water partition coefficient (Wildman–Crippen LogP) is 1.65. The second kappa shape index (κ2) is 7.25. The zero-order valence-electron chi connectivity index (χ0n) is 10.1. The minimum absolute atomic E-state index is 0.192. The van der Waals surface area contributed by atoms with E-state index in [0.717, 1.165) is 18.7 Å². The number of hydrogen-bond acceptors (Lipinski definition) is 3. The molecule has 3 heteroatoms. The van der Waals surface area contributed by atoms with Gasteiger partial charge < -0.3 is 15.2 Å². The summed E-state index contributed by atoms with van der Waals surface area (Å²) in [6.45, 7) is 6.58. The first kappa shape index (κ1) is 13.0. The van der Waals surface area contributed by atoms with E-state index in [1.807, 2.05) is 6.07 Å². The molecule has 0 aromatic heterocycles. The number of benzene rings is 1. The highest BCUT2D eigenvalue weighted by molar-refractivity contribution is 5.35. The van der Waals surface area contributed by atoms with Crippen LogP contribution in [-0.2, 0) is 0 Å². The summed E-state index contributed by atoms with van der Waals surface area (Å²) in [7, 11) is 0. The van der Waals surface area contributed by atoms with Crippen molar-refractivity contribution in [2.24, 2.45) is 0 Å². The number of nitrogens with one attached hydrogen (secondary N) is 1. The number of aliphatic hydroxyl groups is 1. The Labute approximate surface area is 97.4 Å². The molecule has 0 aliphatic heterocycles. The molecule has 3 nitrogen and oxygen atoms in total. The van der Waals surface area contributed by atoms with Gasteiger partial charge in [0.05, 0.1) is 13.2 Å². The Hall–Kier alpha value is -1.06. The second-order valence-corrected chi connectivity index (χ2v) is 3.94. The van der Waals surface area contributed by atoms with E-state index in [4.69, 9.17) is 9.84 Å². The van der Waals surface area contributed by atoms with Crippen molar-refractivity contribution in [1.29, 1.82) is 0 Å². The molecule has 0 bridgehead atoms. The largest absolute Gasteiger partial charge is 0.493 e. The minimum Gasteiger partial charge on any atom is -0.493 e. The van der Waals surface area contributed by atoms with Crippen molar-refractivity contribution >= 4 is 0 Å². The lowest BCUT2D eigenvalue weighted by Crippen LogP contribution is -2.20. The molecule has 0 atom stereocenters. The smallest absolute Gasteiger partial charge is 0.122 e. The zero-order chi connectivity index (χ0) is 11.8. The summed E-state index contributed by atoms with van der Waals surface area (Å²) in [6, 6.07) is 6.21. The molecule has 0 radical (unpaired) electrons. The summed E-state index contributed by atoms with van der Waals surface area (Å²) in [5.74, 6) is 0.966. The fourth-order valence-electron chi connectivity index (χ4n) is 1.54. The van der Waals surface area contributed by atoms with Crippen LogP contribution in [0.4, 0.5) is 0 Å². The van der Waals surface area contributed by atoms with Crippen molar-refractivity contribution in [2.75, 3.05) is 26.3 Å². The highest BCUT2D eigenvalue weighted by atomic mass is 16.5. The van der Waals surface area contributed by atoms with Gasteiger partial charge in [-0.05, 0) is 38.4 Å². The first-order chi connectivity index (χ1) is 7.74. The maximum atomic E-state index is 8.57. The molecule has 90 valence electrons. The maximum Gasteiger partial charge on any atom is 0.122 e. The molecule has 0 saturated heterocycles. The van der Waals surface area contributed by atoms with Crippen molar-refractivity contribution in [2.45, 2.75) is 20.3 Å². The van der Waals surface area contributed by atoms with Crippen LogP contribution in [0.2, 0.25) is 0 Å². The van der Waals surface area contributed by atoms with Crippen LogP contribution in [0.15, 0.2) is 18.2 Å². The molecule has 1 rings (SSSR count). The topological polar surface area (TPSA) is 41.5 Å². The Morgan fingerprint density at radius 1 is 1.25 bits per heavy atom. The van der Waals surface area contributed by atoms with Gasteiger partial charge in [-0.2, -0.15) is 0 Å². The lowest BCUT2D eigenvalue weighted by atomic mass is 10.1. The van der Waals surface area contributed by atoms with Crippen LogP contribution in [0, 0.1) is 13.8 Å². The average molecular weight is 223 g/mol. The molecule has 0 spiro atoms. The first-order valence-corrected chi connectivity index (χ1v) is 5.75. The predicted molar refractivity (Wildman–Crippen MR) is 66.0 cm³/mol. The van der Waals surface area contributed by atoms with E-state index in [1.54, 1.807) is 0 Å². The Morgan fingerprint density at radius 2 is 2.06 bits per heavy atom. The van der Waals surface area contributed by atoms with Gasteiger partial charge in [-0.25, -0.2) is 0 Å². The van der Waals surface area contributed by atoms with Gasteiger partial charge in [-0.3, -0.25) is 0 Å². The van der Waals surface area contributed by atoms with E-state index in [2.05, 4.69) is 31.3 Å². The summed E-state index contributed by atoms with van der Waals surface area (Å²) in [4.78, 5) is 0. The van der Waals surface area contributed by atoms with E-state index in [9.17, 15) is 0 Å². The summed E-state index contributed by atoms with van der Waals surface area (Å²) in [6.07, 6.45) is 0.952. The molecule has 1 aromatic rings. The number of aryl methyl sites for hydroxylation is 2. The third kappa shape index (κ3) is 4.64. The fraction of sp³-hybridized carbons (Fsp3) is 0.538. The normalized spacial score (nSPS) is 10.4. The first-order valence-electron chi connectivity index (χ1n) is 5.75. The molecule has 0 unspecified atom stereocenters. The zero-order valence-corrected chi connectivity index (χ0v) is 10.1. The third-order valence-electron chi connectivity index (χ3n) is 2.37. The van der Waals surface area contributed by atoms with Gasteiger partial charge >= 0.3 is 0 Å². The molecule has 0 heterocycles. The molecule has 16 heavy (non-hydrogen) atoms. The summed E-state index contributed by atoms with van der Waals surface area (Å²) in [5, 5.41) is 11.7. The quantitative estimate of drug-likeness (QED) is 0.691. The summed E-state index contributed by atoms with van der Waals surface area (Å²) >= 11 is 0. The van der Waals surface area contributed by atoms with Crippen LogP contribution in [0.5, 0.6) is 5.75 Å². The molecule has 0 saturated carbocycles. The second-order valence-electron chi connectivity index (χ2n) is 3.94. The lowest BCUT2D eigenvalue weighted by molar-refractivity contribution is 0.281. The average Bonchev–Trinajstić information content (AvgIpc) is 2.26. The van der Waals surface area contributed by atoms with Gasteiger partial charge in [0.15, 0.2) is 0 Å². The molecule has 0 fully saturated rings. The van der Waals surface area contributed by atoms with Gasteiger partial charge in [0, 0.05) is 6.54 Å². The van der Waals surface area contributed by atoms with Crippen molar-refractivity contribution in [1.82, 2.24) is 5.32 Å². The Bertz CT molecular complexity index is 313. The van der Waals surface area contributed by atoms with Crippen molar-refractivity contribution < 1.29 is 9.84 Å². The van der Waals surface area contributed by atoms with Crippen LogP contribution in [0.25, 0.3) is 0 Å². The third-order valence-corrected chi connectivity index (χ3v) is 2.37. The highest BCUT2D eigenvalue weighted by Gasteiger charge is 1.98. The Kier molecular flexibility index (Phi) is 5.90. The molecule has 1 aromatic carbocycles. The van der Waals surface area contributed by atoms with E-state index in [0.29, 0.717) is 13.2 Å². The van der Waals surface area contributed by atoms with Gasteiger partial charge in [-0.15, -0.1) is 0 Å². The molecular weight excluding hydrogens is 202 g/mol. The number of hydrogen-bond donors (Lipinski definition) is 2. The Balaban J connectivity index is 2.21. The number of aliphatic hydroxyl groups excluding tert-OH is 1. The monoisotopic (exact) mass is 223 g/mol. The van der Waals surface area contributed by atoms with Gasteiger partial charge in [0.25, 0.3) is 0 Å². The van der Waals surface area contributed by atoms with Crippen LogP contribution < -0.4 is 10.1 Å². The standard InChI is InChI=1S/C13H21NO2/c1-11-4-5-13(12(2)10-11)16-9-3-6-14-7-8-15/h4-5,10,14-15H,3,6-9H2,1-2H3. The van der Waals surface area contributed by atoms with Crippen molar-refractivity contribution in [3.8, 4) is 5.75 Å². The molecule has 2 N–H and O–H groups in total. The van der Waals surface area contributed by atoms with E-state index in [1.165, 1.54) is 11.1 Å². The van der Waals surface area contributed by atoms with Crippen molar-refractivity contribution in [3.63, 3.8) is 0 Å². The van der Waals surface area contributed by atoms with E-state index < -0.39 is 0 Å². The van der Waals surface area contributed by atoms with Crippen LogP contribution in [0.3, 0.4) is 0 Å². The lowest BCUT2D eigenvalue weighted by Gasteiger charge is -2.09. The van der Waals surface area contributed by atoms with Gasteiger partial charge in [-0.1, -0.05) is 17.7 Å². The molecule has 0 aliphatic carbocycles. The SMILES string of the molecule is Cc1ccc(OCCCNCCO)c(C)c1. The Morgan fingerprint density at radius 3 is 2.75 bits per heavy atom. The number of rotatable bonds is 7. The van der Waals surface area contributed by atoms with Crippen molar-refractivity contribution in [3.05, 3.63) is 29.3 Å². The number of ether oxygens (including phenoxy) is 1. The molecule has 0 amide bonds. The van der Waals surface area contributed by atoms with Crippen LogP contribution >= 0.6 is 0 Å². The highest BCUT2D eigenvalue weighted by Crippen LogP contribution is 2.18.